The molecule has 4 nitrogen and oxygen atoms in total. The Kier molecular flexibility index (Phi) is 6.59. The van der Waals surface area contributed by atoms with E-state index >= 15 is 0 Å². The van der Waals surface area contributed by atoms with Gasteiger partial charge in [0, 0.05) is 22.4 Å². The normalized spacial score (nSPS) is 14.6. The zero-order chi connectivity index (χ0) is 15.2. The van der Waals surface area contributed by atoms with Crippen LogP contribution >= 0.6 is 30.0 Å². The number of thioether (sulfide) groups is 1. The summed E-state index contributed by atoms with van der Waals surface area (Å²) in [7, 11) is 0. The molecule has 0 aliphatic carbocycles. The molecular weight excluding hydrogens is 319 g/mol. The highest BCUT2D eigenvalue weighted by Gasteiger charge is 2.24. The Bertz CT molecular complexity index is 487. The van der Waals surface area contributed by atoms with Crippen molar-refractivity contribution in [1.29, 1.82) is 0 Å². The predicted molar refractivity (Wildman–Crippen MR) is 83.4 cm³/mol. The van der Waals surface area contributed by atoms with Gasteiger partial charge in [0.2, 0.25) is 0 Å². The highest BCUT2D eigenvalue weighted by Crippen LogP contribution is 2.53. The lowest BCUT2D eigenvalue weighted by Gasteiger charge is -2.16. The van der Waals surface area contributed by atoms with Crippen LogP contribution in [0.1, 0.15) is 20.8 Å². The van der Waals surface area contributed by atoms with Crippen LogP contribution in [0.5, 0.6) is 5.75 Å². The van der Waals surface area contributed by atoms with E-state index in [0.717, 1.165) is 11.8 Å². The Morgan fingerprint density at radius 1 is 1.30 bits per heavy atom. The molecule has 0 radical (unpaired) electrons. The Labute approximate surface area is 128 Å². The second kappa shape index (κ2) is 7.51. The molecule has 1 aromatic rings. The third-order valence-electron chi connectivity index (χ3n) is 2.13. The van der Waals surface area contributed by atoms with E-state index in [4.69, 9.17) is 20.3 Å². The molecule has 7 heteroatoms. The highest BCUT2D eigenvalue weighted by molar-refractivity contribution is 8.13. The number of hydrogen-bond acceptors (Lipinski definition) is 5. The molecule has 0 amide bonds. The SMILES string of the molecule is CC(C)(C)C(=O)SCCOP(=O)(Cl)Oc1ccccc1. The first-order chi connectivity index (χ1) is 9.21. The summed E-state index contributed by atoms with van der Waals surface area (Å²) in [6, 6.07) is 8.56. The van der Waals surface area contributed by atoms with E-state index in [-0.39, 0.29) is 11.7 Å². The molecule has 0 bridgehead atoms. The average Bonchev–Trinajstić information content (AvgIpc) is 2.34. The van der Waals surface area contributed by atoms with Gasteiger partial charge >= 0.3 is 6.95 Å². The molecule has 20 heavy (non-hydrogen) atoms. The van der Waals surface area contributed by atoms with Crippen molar-refractivity contribution in [2.45, 2.75) is 20.8 Å². The van der Waals surface area contributed by atoms with Gasteiger partial charge in [-0.15, -0.1) is 0 Å². The highest BCUT2D eigenvalue weighted by atomic mass is 35.7. The molecule has 1 rings (SSSR count). The largest absolute Gasteiger partial charge is 0.476 e. The first-order valence-electron chi connectivity index (χ1n) is 6.07. The van der Waals surface area contributed by atoms with Crippen molar-refractivity contribution in [2.24, 2.45) is 5.41 Å². The summed E-state index contributed by atoms with van der Waals surface area (Å²) in [5.41, 5.74) is -0.407. The minimum atomic E-state index is -3.67. The van der Waals surface area contributed by atoms with Crippen molar-refractivity contribution in [3.05, 3.63) is 30.3 Å². The molecule has 0 spiro atoms. The van der Waals surface area contributed by atoms with Crippen LogP contribution in [0.25, 0.3) is 0 Å². The maximum absolute atomic E-state index is 11.9. The van der Waals surface area contributed by atoms with Gasteiger partial charge in [-0.1, -0.05) is 50.7 Å². The second-order valence-corrected chi connectivity index (χ2v) is 8.67. The van der Waals surface area contributed by atoms with Crippen molar-refractivity contribution < 1.29 is 18.4 Å². The molecule has 0 N–H and O–H groups in total. The maximum Gasteiger partial charge on any atom is 0.476 e. The number of para-hydroxylation sites is 1. The van der Waals surface area contributed by atoms with Crippen molar-refractivity contribution >= 4 is 35.1 Å². The number of benzene rings is 1. The van der Waals surface area contributed by atoms with Gasteiger partial charge in [-0.25, -0.2) is 4.57 Å². The van der Waals surface area contributed by atoms with Crippen LogP contribution in [-0.4, -0.2) is 17.5 Å². The molecule has 1 aromatic carbocycles. The van der Waals surface area contributed by atoms with E-state index in [0.29, 0.717) is 11.5 Å². The summed E-state index contributed by atoms with van der Waals surface area (Å²) in [5.74, 6) is 0.759. The third-order valence-corrected chi connectivity index (χ3v) is 4.80. The number of rotatable bonds is 6. The standard InChI is InChI=1S/C13H18ClO4PS/c1-13(2,3)12(15)20-10-9-17-19(14,16)18-11-7-5-4-6-8-11/h4-8H,9-10H2,1-3H3. The van der Waals surface area contributed by atoms with Crippen molar-refractivity contribution in [2.75, 3.05) is 12.4 Å². The van der Waals surface area contributed by atoms with Crippen LogP contribution in [-0.2, 0) is 13.9 Å². The van der Waals surface area contributed by atoms with Crippen molar-refractivity contribution in [3.8, 4) is 5.75 Å². The fourth-order valence-electron chi connectivity index (χ4n) is 1.13. The molecule has 0 saturated heterocycles. The molecule has 0 aromatic heterocycles. The van der Waals surface area contributed by atoms with Gasteiger partial charge in [0.15, 0.2) is 5.12 Å². The first-order valence-corrected chi connectivity index (χ1v) is 9.50. The van der Waals surface area contributed by atoms with Gasteiger partial charge < -0.3 is 4.52 Å². The summed E-state index contributed by atoms with van der Waals surface area (Å²) < 4.78 is 22.0. The lowest BCUT2D eigenvalue weighted by atomic mass is 10.00. The zero-order valence-corrected chi connectivity index (χ0v) is 14.1. The molecule has 0 heterocycles. The van der Waals surface area contributed by atoms with Gasteiger partial charge in [-0.05, 0) is 12.1 Å². The molecule has 0 aliphatic rings. The average molecular weight is 337 g/mol. The number of carbonyl (C=O) groups is 1. The maximum atomic E-state index is 11.9. The van der Waals surface area contributed by atoms with E-state index in [1.54, 1.807) is 24.3 Å². The summed E-state index contributed by atoms with van der Waals surface area (Å²) in [6.45, 7) is 1.94. The van der Waals surface area contributed by atoms with Crippen molar-refractivity contribution in [3.63, 3.8) is 0 Å². The van der Waals surface area contributed by atoms with Crippen LogP contribution in [0.15, 0.2) is 30.3 Å². The van der Waals surface area contributed by atoms with Gasteiger partial charge in [-0.3, -0.25) is 9.32 Å². The van der Waals surface area contributed by atoms with E-state index in [1.807, 2.05) is 26.8 Å². The molecule has 0 saturated carbocycles. The summed E-state index contributed by atoms with van der Waals surface area (Å²) in [4.78, 5) is 11.7. The molecular formula is C13H18ClO4PS. The van der Waals surface area contributed by atoms with E-state index in [9.17, 15) is 9.36 Å². The van der Waals surface area contributed by atoms with E-state index in [2.05, 4.69) is 0 Å². The van der Waals surface area contributed by atoms with Crippen LogP contribution in [0.4, 0.5) is 0 Å². The molecule has 1 unspecified atom stereocenters. The molecule has 112 valence electrons. The lowest BCUT2D eigenvalue weighted by molar-refractivity contribution is -0.117. The Hall–Kier alpha value is -0.480. The predicted octanol–water partition coefficient (Wildman–Crippen LogP) is 4.73. The first kappa shape index (κ1) is 17.6. The molecule has 0 aliphatic heterocycles. The number of halogens is 1. The van der Waals surface area contributed by atoms with Crippen LogP contribution < -0.4 is 4.52 Å². The monoisotopic (exact) mass is 336 g/mol. The lowest BCUT2D eigenvalue weighted by Crippen LogP contribution is -2.17. The van der Waals surface area contributed by atoms with Crippen molar-refractivity contribution in [1.82, 2.24) is 0 Å². The Morgan fingerprint density at radius 3 is 2.45 bits per heavy atom. The van der Waals surface area contributed by atoms with Gasteiger partial charge in [0.05, 0.1) is 6.61 Å². The molecule has 0 fully saturated rings. The second-order valence-electron chi connectivity index (χ2n) is 5.05. The minimum Gasteiger partial charge on any atom is -0.413 e. The minimum absolute atomic E-state index is 0.0504. The van der Waals surface area contributed by atoms with Crippen LogP contribution in [0.2, 0.25) is 0 Å². The fourth-order valence-corrected chi connectivity index (χ4v) is 3.22. The van der Waals surface area contributed by atoms with Crippen LogP contribution in [0, 0.1) is 5.41 Å². The number of hydrogen-bond donors (Lipinski definition) is 0. The Balaban J connectivity index is 2.34. The quantitative estimate of drug-likeness (QED) is 0.555. The molecule has 1 atom stereocenters. The summed E-state index contributed by atoms with van der Waals surface area (Å²) >= 11 is 6.82. The van der Waals surface area contributed by atoms with Gasteiger partial charge in [0.25, 0.3) is 0 Å². The Morgan fingerprint density at radius 2 is 1.90 bits per heavy atom. The van der Waals surface area contributed by atoms with Gasteiger partial charge in [0.1, 0.15) is 5.75 Å². The van der Waals surface area contributed by atoms with Crippen LogP contribution in [0.3, 0.4) is 0 Å². The smallest absolute Gasteiger partial charge is 0.413 e. The summed E-state index contributed by atoms with van der Waals surface area (Å²) in [6.07, 6.45) is 0. The van der Waals surface area contributed by atoms with E-state index in [1.165, 1.54) is 0 Å². The van der Waals surface area contributed by atoms with E-state index < -0.39 is 12.4 Å². The zero-order valence-electron chi connectivity index (χ0n) is 11.7. The summed E-state index contributed by atoms with van der Waals surface area (Å²) in [5, 5.41) is 0.0504. The number of carbonyl (C=O) groups excluding carboxylic acids is 1. The third kappa shape index (κ3) is 6.80. The topological polar surface area (TPSA) is 52.6 Å². The van der Waals surface area contributed by atoms with Gasteiger partial charge in [-0.2, -0.15) is 0 Å². The fraction of sp³-hybridized carbons (Fsp3) is 0.462.